The highest BCUT2D eigenvalue weighted by molar-refractivity contribution is 5.26. The first kappa shape index (κ1) is 12.3. The first-order valence-electron chi connectivity index (χ1n) is 5.80. The van der Waals surface area contributed by atoms with Crippen LogP contribution in [0.25, 0.3) is 0 Å². The number of hydrogen-bond donors (Lipinski definition) is 2. The Balaban J connectivity index is 2.35. The molecule has 0 saturated carbocycles. The molecule has 0 aliphatic heterocycles. The predicted octanol–water partition coefficient (Wildman–Crippen LogP) is 1.58. The lowest BCUT2D eigenvalue weighted by Gasteiger charge is -2.07. The molecule has 18 heavy (non-hydrogen) atoms. The van der Waals surface area contributed by atoms with Crippen molar-refractivity contribution in [2.75, 3.05) is 0 Å². The van der Waals surface area contributed by atoms with E-state index >= 15 is 0 Å². The van der Waals surface area contributed by atoms with Gasteiger partial charge in [-0.1, -0.05) is 19.9 Å². The van der Waals surface area contributed by atoms with Crippen molar-refractivity contribution >= 4 is 0 Å². The molecule has 2 aromatic rings. The Morgan fingerprint density at radius 1 is 1.39 bits per heavy atom. The van der Waals surface area contributed by atoms with Gasteiger partial charge in [-0.15, -0.1) is 0 Å². The zero-order valence-electron chi connectivity index (χ0n) is 10.3. The molecule has 94 valence electrons. The third kappa shape index (κ3) is 2.56. The van der Waals surface area contributed by atoms with Crippen molar-refractivity contribution in [1.29, 1.82) is 0 Å². The first-order chi connectivity index (χ1) is 8.58. The van der Waals surface area contributed by atoms with E-state index in [1.165, 1.54) is 0 Å². The van der Waals surface area contributed by atoms with Crippen LogP contribution in [0.2, 0.25) is 0 Å². The maximum atomic E-state index is 11.8. The quantitative estimate of drug-likeness (QED) is 0.860. The number of rotatable bonds is 3. The Morgan fingerprint density at radius 3 is 2.72 bits per heavy atom. The Hall–Kier alpha value is -2.17. The highest BCUT2D eigenvalue weighted by Crippen LogP contribution is 2.18. The van der Waals surface area contributed by atoms with Crippen LogP contribution in [0.1, 0.15) is 36.8 Å². The molecule has 0 aromatic carbocycles. The fraction of sp³-hybridized carbons (Fsp3) is 0.308. The van der Waals surface area contributed by atoms with E-state index in [1.807, 2.05) is 32.0 Å². The molecule has 2 heterocycles. The minimum atomic E-state index is -0.288. The van der Waals surface area contributed by atoms with Crippen LogP contribution in [0, 0.1) is 0 Å². The van der Waals surface area contributed by atoms with Crippen LogP contribution in [0.3, 0.4) is 0 Å². The number of hydrogen-bond acceptors (Lipinski definition) is 4. The summed E-state index contributed by atoms with van der Waals surface area (Å²) in [4.78, 5) is 22.7. The Bertz CT molecular complexity index is 591. The molecule has 0 fully saturated rings. The lowest BCUT2D eigenvalue weighted by Crippen LogP contribution is -2.18. The average molecular weight is 245 g/mol. The zero-order valence-corrected chi connectivity index (χ0v) is 10.3. The van der Waals surface area contributed by atoms with E-state index in [0.29, 0.717) is 17.8 Å². The molecule has 0 unspecified atom stereocenters. The molecular formula is C13H15N3O2. The molecule has 0 aliphatic carbocycles. The second kappa shape index (κ2) is 5.00. The molecule has 2 aromatic heterocycles. The van der Waals surface area contributed by atoms with Gasteiger partial charge in [-0.3, -0.25) is 9.78 Å². The highest BCUT2D eigenvalue weighted by Gasteiger charge is 2.14. The van der Waals surface area contributed by atoms with Gasteiger partial charge in [0.15, 0.2) is 0 Å². The van der Waals surface area contributed by atoms with Crippen LogP contribution in [-0.2, 0) is 6.42 Å². The number of aromatic amines is 1. The average Bonchev–Trinajstić information content (AvgIpc) is 2.28. The van der Waals surface area contributed by atoms with Crippen LogP contribution in [0.15, 0.2) is 29.2 Å². The van der Waals surface area contributed by atoms with Crippen molar-refractivity contribution in [3.8, 4) is 5.88 Å². The monoisotopic (exact) mass is 245 g/mol. The zero-order chi connectivity index (χ0) is 13.1. The van der Waals surface area contributed by atoms with Gasteiger partial charge in [-0.25, -0.2) is 0 Å². The van der Waals surface area contributed by atoms with E-state index in [4.69, 9.17) is 0 Å². The Kier molecular flexibility index (Phi) is 3.41. The van der Waals surface area contributed by atoms with Gasteiger partial charge in [0.05, 0.1) is 5.56 Å². The second-order valence-corrected chi connectivity index (χ2v) is 4.40. The third-order valence-corrected chi connectivity index (χ3v) is 2.64. The maximum Gasteiger partial charge on any atom is 0.258 e. The van der Waals surface area contributed by atoms with E-state index in [1.54, 1.807) is 6.20 Å². The summed E-state index contributed by atoms with van der Waals surface area (Å²) in [7, 11) is 0. The maximum absolute atomic E-state index is 11.8. The molecule has 0 saturated heterocycles. The minimum absolute atomic E-state index is 0.0647. The highest BCUT2D eigenvalue weighted by atomic mass is 16.3. The number of aromatic nitrogens is 3. The molecule has 2 rings (SSSR count). The van der Waals surface area contributed by atoms with Gasteiger partial charge in [-0.05, 0) is 18.1 Å². The van der Waals surface area contributed by atoms with Gasteiger partial charge in [-0.2, -0.15) is 4.98 Å². The van der Waals surface area contributed by atoms with E-state index < -0.39 is 0 Å². The van der Waals surface area contributed by atoms with Crippen molar-refractivity contribution < 1.29 is 5.11 Å². The van der Waals surface area contributed by atoms with Crippen molar-refractivity contribution in [2.45, 2.75) is 26.2 Å². The van der Waals surface area contributed by atoms with Crippen molar-refractivity contribution in [2.24, 2.45) is 0 Å². The van der Waals surface area contributed by atoms with E-state index in [-0.39, 0.29) is 17.4 Å². The van der Waals surface area contributed by atoms with Crippen molar-refractivity contribution in [1.82, 2.24) is 15.0 Å². The third-order valence-electron chi connectivity index (χ3n) is 2.64. The summed E-state index contributed by atoms with van der Waals surface area (Å²) in [5.41, 5.74) is 0.820. The largest absolute Gasteiger partial charge is 0.493 e. The Labute approximate surface area is 105 Å². The summed E-state index contributed by atoms with van der Waals surface area (Å²) in [6.07, 6.45) is 2.07. The SMILES string of the molecule is CC(C)c1c(O)nc(Cc2ccccn2)[nH]c1=O. The topological polar surface area (TPSA) is 78.9 Å². The fourth-order valence-electron chi connectivity index (χ4n) is 1.79. The normalized spacial score (nSPS) is 10.8. The number of nitrogens with one attached hydrogen (secondary N) is 1. The molecule has 5 nitrogen and oxygen atoms in total. The number of H-pyrrole nitrogens is 1. The summed E-state index contributed by atoms with van der Waals surface area (Å²) in [6, 6.07) is 5.52. The van der Waals surface area contributed by atoms with Gasteiger partial charge in [0.25, 0.3) is 5.56 Å². The van der Waals surface area contributed by atoms with Gasteiger partial charge < -0.3 is 10.1 Å². The fourth-order valence-corrected chi connectivity index (χ4v) is 1.79. The summed E-state index contributed by atoms with van der Waals surface area (Å²) >= 11 is 0. The summed E-state index contributed by atoms with van der Waals surface area (Å²) in [5.74, 6) is 0.158. The lowest BCUT2D eigenvalue weighted by molar-refractivity contribution is 0.436. The van der Waals surface area contributed by atoms with E-state index in [0.717, 1.165) is 5.69 Å². The van der Waals surface area contributed by atoms with Gasteiger partial charge in [0.1, 0.15) is 5.82 Å². The summed E-state index contributed by atoms with van der Waals surface area (Å²) in [6.45, 7) is 3.68. The molecule has 0 aliphatic rings. The number of nitrogens with zero attached hydrogens (tertiary/aromatic N) is 2. The smallest absolute Gasteiger partial charge is 0.258 e. The molecule has 0 amide bonds. The summed E-state index contributed by atoms with van der Waals surface area (Å²) < 4.78 is 0. The second-order valence-electron chi connectivity index (χ2n) is 4.40. The molecule has 2 N–H and O–H groups in total. The first-order valence-corrected chi connectivity index (χ1v) is 5.80. The molecule has 0 atom stereocenters. The number of pyridine rings is 1. The summed E-state index contributed by atoms with van der Waals surface area (Å²) in [5, 5.41) is 9.77. The predicted molar refractivity (Wildman–Crippen MR) is 67.7 cm³/mol. The van der Waals surface area contributed by atoms with Crippen LogP contribution >= 0.6 is 0 Å². The number of aromatic hydroxyl groups is 1. The minimum Gasteiger partial charge on any atom is -0.493 e. The van der Waals surface area contributed by atoms with Gasteiger partial charge in [0.2, 0.25) is 5.88 Å². The Morgan fingerprint density at radius 2 is 2.17 bits per heavy atom. The van der Waals surface area contributed by atoms with E-state index in [9.17, 15) is 9.90 Å². The molecular weight excluding hydrogens is 230 g/mol. The lowest BCUT2D eigenvalue weighted by atomic mass is 10.1. The van der Waals surface area contributed by atoms with Crippen LogP contribution in [0.4, 0.5) is 0 Å². The molecule has 0 radical (unpaired) electrons. The molecule has 0 bridgehead atoms. The van der Waals surface area contributed by atoms with E-state index in [2.05, 4.69) is 15.0 Å². The standard InChI is InChI=1S/C13H15N3O2/c1-8(2)11-12(17)15-10(16-13(11)18)7-9-5-3-4-6-14-9/h3-6,8H,7H2,1-2H3,(H2,15,16,17,18). The van der Waals surface area contributed by atoms with Gasteiger partial charge in [0, 0.05) is 18.3 Å². The van der Waals surface area contributed by atoms with Crippen LogP contribution in [-0.4, -0.2) is 20.1 Å². The van der Waals surface area contributed by atoms with Crippen LogP contribution < -0.4 is 5.56 Å². The van der Waals surface area contributed by atoms with Crippen molar-refractivity contribution in [3.63, 3.8) is 0 Å². The molecule has 0 spiro atoms. The van der Waals surface area contributed by atoms with Gasteiger partial charge >= 0.3 is 0 Å². The van der Waals surface area contributed by atoms with Crippen molar-refractivity contribution in [3.05, 3.63) is 51.8 Å². The van der Waals surface area contributed by atoms with Crippen LogP contribution in [0.5, 0.6) is 5.88 Å². The molecule has 5 heteroatoms.